The van der Waals surface area contributed by atoms with Crippen LogP contribution in [0.3, 0.4) is 0 Å². The molecule has 0 atom stereocenters. The summed E-state index contributed by atoms with van der Waals surface area (Å²) in [6.45, 7) is 5.31. The van der Waals surface area contributed by atoms with Gasteiger partial charge in [-0.2, -0.15) is 10.1 Å². The van der Waals surface area contributed by atoms with Crippen molar-refractivity contribution in [2.45, 2.75) is 56.7 Å². The lowest BCUT2D eigenvalue weighted by Crippen LogP contribution is -2.46. The van der Waals surface area contributed by atoms with Crippen molar-refractivity contribution in [1.29, 1.82) is 0 Å². The number of rotatable bonds is 7. The minimum Gasteiger partial charge on any atom is -0.403 e. The molecule has 0 amide bonds. The Morgan fingerprint density at radius 3 is 2.54 bits per heavy atom. The van der Waals surface area contributed by atoms with Crippen molar-refractivity contribution >= 4 is 29.0 Å². The summed E-state index contributed by atoms with van der Waals surface area (Å²) >= 11 is 0. The molecule has 5 rings (SSSR count). The van der Waals surface area contributed by atoms with E-state index < -0.39 is 0 Å². The summed E-state index contributed by atoms with van der Waals surface area (Å²) < 4.78 is 12.8. The third-order valence-corrected chi connectivity index (χ3v) is 7.24. The van der Waals surface area contributed by atoms with Gasteiger partial charge in [0.2, 0.25) is 5.95 Å². The molecule has 4 heterocycles. The number of nitrogens with one attached hydrogen (secondary N) is 2. The summed E-state index contributed by atoms with van der Waals surface area (Å²) in [4.78, 5) is 16.7. The summed E-state index contributed by atoms with van der Waals surface area (Å²) in [5.41, 5.74) is 8.23. The highest BCUT2D eigenvalue weighted by Crippen LogP contribution is 2.29. The van der Waals surface area contributed by atoms with Crippen molar-refractivity contribution in [2.24, 2.45) is 17.8 Å². The molecule has 190 valence electrons. The molecular weight excluding hydrogens is 446 g/mol. The van der Waals surface area contributed by atoms with Crippen molar-refractivity contribution < 1.29 is 9.47 Å². The predicted molar refractivity (Wildman–Crippen MR) is 137 cm³/mol. The molecule has 2 aromatic heterocycles. The molecule has 2 saturated heterocycles. The molecule has 1 aliphatic carbocycles. The number of aliphatic imine (C=N–C) groups is 1. The molecule has 2 aliphatic heterocycles. The number of morpholine rings is 1. The van der Waals surface area contributed by atoms with E-state index in [-0.39, 0.29) is 6.04 Å². The predicted octanol–water partition coefficient (Wildman–Crippen LogP) is 1.88. The van der Waals surface area contributed by atoms with Gasteiger partial charge in [-0.1, -0.05) is 0 Å². The van der Waals surface area contributed by atoms with Crippen molar-refractivity contribution in [3.05, 3.63) is 18.1 Å². The second kappa shape index (κ2) is 11.3. The summed E-state index contributed by atoms with van der Waals surface area (Å²) in [7, 11) is 1.92. The van der Waals surface area contributed by atoms with Gasteiger partial charge >= 0.3 is 0 Å². The molecule has 0 bridgehead atoms. The topological polar surface area (TPSA) is 128 Å². The molecule has 2 aromatic rings. The Hall–Kier alpha value is -2.76. The monoisotopic (exact) mass is 483 g/mol. The lowest BCUT2D eigenvalue weighted by molar-refractivity contribution is 0.00791. The molecule has 3 fully saturated rings. The van der Waals surface area contributed by atoms with E-state index >= 15 is 0 Å². The Morgan fingerprint density at radius 2 is 1.80 bits per heavy atom. The third-order valence-electron chi connectivity index (χ3n) is 7.24. The molecule has 3 aliphatic rings. The first-order valence-electron chi connectivity index (χ1n) is 12.8. The zero-order chi connectivity index (χ0) is 24.0. The van der Waals surface area contributed by atoms with Gasteiger partial charge in [0.05, 0.1) is 31.1 Å². The maximum Gasteiger partial charge on any atom is 0.230 e. The summed E-state index contributed by atoms with van der Waals surface area (Å²) in [6, 6.07) is 1.28. The van der Waals surface area contributed by atoms with Crippen LogP contribution in [0.15, 0.2) is 23.1 Å². The number of nitrogens with two attached hydrogens (primary N) is 1. The molecule has 0 aromatic carbocycles. The molecule has 1 saturated carbocycles. The van der Waals surface area contributed by atoms with E-state index in [0.29, 0.717) is 23.7 Å². The molecule has 0 unspecified atom stereocenters. The summed E-state index contributed by atoms with van der Waals surface area (Å²) in [5.74, 6) is 1.27. The second-order valence-corrected chi connectivity index (χ2v) is 9.56. The average Bonchev–Trinajstić information content (AvgIpc) is 3.28. The highest BCUT2D eigenvalue weighted by molar-refractivity contribution is 5.88. The smallest absolute Gasteiger partial charge is 0.230 e. The summed E-state index contributed by atoms with van der Waals surface area (Å²) in [5, 5.41) is 11.3. The van der Waals surface area contributed by atoms with Gasteiger partial charge in [-0.3, -0.25) is 14.6 Å². The number of anilines is 2. The van der Waals surface area contributed by atoms with Gasteiger partial charge in [0.1, 0.15) is 11.0 Å². The van der Waals surface area contributed by atoms with Gasteiger partial charge in [-0.25, -0.2) is 4.98 Å². The number of aromatic nitrogens is 4. The van der Waals surface area contributed by atoms with Crippen LogP contribution >= 0.6 is 0 Å². The largest absolute Gasteiger partial charge is 0.403 e. The standard InChI is InChI=1S/C24H37N9O2/c1-32-22-21(16-27-32)30-24(29-19(14-25)15-26-17-6-10-34-11-7-17)31-23(22)28-18-2-4-20(5-3-18)33-8-12-35-13-9-33/h14-18,20H,2-13,25H2,1H3,(H2,28,29,30,31). The van der Waals surface area contributed by atoms with Gasteiger partial charge in [0.15, 0.2) is 5.82 Å². The van der Waals surface area contributed by atoms with E-state index in [1.165, 1.54) is 19.0 Å². The van der Waals surface area contributed by atoms with Crippen LogP contribution in [-0.4, -0.2) is 88.5 Å². The Balaban J connectivity index is 1.26. The van der Waals surface area contributed by atoms with Crippen LogP contribution in [0.25, 0.3) is 11.0 Å². The fourth-order valence-electron chi connectivity index (χ4n) is 5.22. The van der Waals surface area contributed by atoms with E-state index in [1.54, 1.807) is 12.4 Å². The number of aryl methyl sites for hydroxylation is 1. The van der Waals surface area contributed by atoms with Crippen molar-refractivity contribution in [3.63, 3.8) is 0 Å². The van der Waals surface area contributed by atoms with Gasteiger partial charge in [0, 0.05) is 57.8 Å². The highest BCUT2D eigenvalue weighted by atomic mass is 16.5. The number of hydrogen-bond acceptors (Lipinski definition) is 10. The first kappa shape index (κ1) is 24.0. The van der Waals surface area contributed by atoms with Crippen molar-refractivity contribution in [3.8, 4) is 0 Å². The quantitative estimate of drug-likeness (QED) is 0.506. The Kier molecular flexibility index (Phi) is 7.75. The maximum absolute atomic E-state index is 5.88. The Labute approximate surface area is 206 Å². The number of allylic oxidation sites excluding steroid dienone is 1. The molecule has 35 heavy (non-hydrogen) atoms. The van der Waals surface area contributed by atoms with E-state index in [0.717, 1.165) is 82.1 Å². The zero-order valence-electron chi connectivity index (χ0n) is 20.5. The molecule has 4 N–H and O–H groups in total. The first-order valence-corrected chi connectivity index (χ1v) is 12.8. The fraction of sp³-hybridized carbons (Fsp3) is 0.667. The number of fused-ring (bicyclic) bond motifs is 1. The number of ether oxygens (including phenoxy) is 2. The van der Waals surface area contributed by atoms with E-state index in [4.69, 9.17) is 20.2 Å². The van der Waals surface area contributed by atoms with Crippen LogP contribution in [0, 0.1) is 0 Å². The van der Waals surface area contributed by atoms with Gasteiger partial charge in [-0.05, 0) is 38.5 Å². The average molecular weight is 484 g/mol. The van der Waals surface area contributed by atoms with Crippen molar-refractivity contribution in [1.82, 2.24) is 24.6 Å². The zero-order valence-corrected chi connectivity index (χ0v) is 20.5. The van der Waals surface area contributed by atoms with Gasteiger partial charge in [-0.15, -0.1) is 0 Å². The van der Waals surface area contributed by atoms with Crippen LogP contribution in [0.1, 0.15) is 38.5 Å². The number of nitrogens with zero attached hydrogens (tertiary/aromatic N) is 6. The van der Waals surface area contributed by atoms with Crippen LogP contribution in [-0.2, 0) is 16.5 Å². The van der Waals surface area contributed by atoms with Crippen molar-refractivity contribution in [2.75, 3.05) is 50.2 Å². The van der Waals surface area contributed by atoms with Gasteiger partial charge in [0.25, 0.3) is 0 Å². The lowest BCUT2D eigenvalue weighted by Gasteiger charge is -2.39. The second-order valence-electron chi connectivity index (χ2n) is 9.56. The lowest BCUT2D eigenvalue weighted by atomic mass is 9.90. The van der Waals surface area contributed by atoms with E-state index in [2.05, 4.69) is 30.6 Å². The fourth-order valence-corrected chi connectivity index (χ4v) is 5.22. The molecular formula is C24H37N9O2. The maximum atomic E-state index is 5.88. The molecule has 11 nitrogen and oxygen atoms in total. The minimum absolute atomic E-state index is 0.257. The third kappa shape index (κ3) is 5.91. The van der Waals surface area contributed by atoms with Gasteiger partial charge < -0.3 is 25.8 Å². The van der Waals surface area contributed by atoms with E-state index in [1.807, 2.05) is 11.7 Å². The Bertz CT molecular complexity index is 1030. The SMILES string of the molecule is Cn1ncc2nc(NC(C=NC3CCOCC3)=CN)nc(NC3CCC(N4CCOCC4)CC3)c21. The first-order chi connectivity index (χ1) is 17.2. The minimum atomic E-state index is 0.257. The normalized spacial score (nSPS) is 25.3. The molecule has 11 heteroatoms. The highest BCUT2D eigenvalue weighted by Gasteiger charge is 2.27. The van der Waals surface area contributed by atoms with Crippen LogP contribution < -0.4 is 16.4 Å². The van der Waals surface area contributed by atoms with Crippen LogP contribution in [0.5, 0.6) is 0 Å². The molecule has 0 spiro atoms. The number of hydrogen-bond donors (Lipinski definition) is 3. The van der Waals surface area contributed by atoms with Crippen LogP contribution in [0.4, 0.5) is 11.8 Å². The van der Waals surface area contributed by atoms with E-state index in [9.17, 15) is 0 Å². The van der Waals surface area contributed by atoms with Crippen LogP contribution in [0.2, 0.25) is 0 Å². The molecule has 0 radical (unpaired) electrons. The summed E-state index contributed by atoms with van der Waals surface area (Å²) in [6.07, 6.45) is 11.5. The Morgan fingerprint density at radius 1 is 1.06 bits per heavy atom.